The maximum atomic E-state index is 3.16. The summed E-state index contributed by atoms with van der Waals surface area (Å²) >= 11 is -0.0975. The van der Waals surface area contributed by atoms with E-state index in [4.69, 9.17) is 0 Å². The topological polar surface area (TPSA) is 3.24 Å². The van der Waals surface area contributed by atoms with Gasteiger partial charge in [0.15, 0.2) is 0 Å². The van der Waals surface area contributed by atoms with Gasteiger partial charge in [-0.05, 0) is 0 Å². The molecule has 4 bridgehead atoms. The van der Waals surface area contributed by atoms with Crippen molar-refractivity contribution >= 4 is 31.8 Å². The molecule has 4 aliphatic carbocycles. The molecule has 0 saturated heterocycles. The molecule has 4 saturated carbocycles. The minimum absolute atomic E-state index is 0.0975. The van der Waals surface area contributed by atoms with Crippen molar-refractivity contribution in [1.82, 2.24) is 3.86 Å². The fourth-order valence-corrected chi connectivity index (χ4v) is 38.2. The second kappa shape index (κ2) is 8.14. The first-order valence-corrected chi connectivity index (χ1v) is 20.4. The van der Waals surface area contributed by atoms with Gasteiger partial charge in [0.05, 0.1) is 0 Å². The van der Waals surface area contributed by atoms with Crippen LogP contribution in [0.2, 0.25) is 39.8 Å². The van der Waals surface area contributed by atoms with Gasteiger partial charge in [0.1, 0.15) is 0 Å². The zero-order valence-electron chi connectivity index (χ0n) is 20.3. The van der Waals surface area contributed by atoms with Crippen LogP contribution in [0.3, 0.4) is 0 Å². The fourth-order valence-electron chi connectivity index (χ4n) is 9.41. The quantitative estimate of drug-likeness (QED) is 0.300. The molecule has 29 heavy (non-hydrogen) atoms. The summed E-state index contributed by atoms with van der Waals surface area (Å²) in [5, 5.41) is 0. The van der Waals surface area contributed by atoms with Crippen molar-refractivity contribution in [3.63, 3.8) is 0 Å². The molecule has 4 fully saturated rings. The standard InChI is InChI=1S/C25H47GeNSi2/c1-7-28(8-2,9-3)25(29(10-4,11-5)12-6)13-14-27(26-25)24-18-21-15-22(19-24)17-23(16-21)20-24/h13-14,21-23H,7-12,15-20H2,1-6H3. The summed E-state index contributed by atoms with van der Waals surface area (Å²) in [6.45, 7) is 15.6. The van der Waals surface area contributed by atoms with E-state index in [2.05, 4.69) is 57.7 Å². The molecule has 1 heterocycles. The summed E-state index contributed by atoms with van der Waals surface area (Å²) in [7, 11) is -2.60. The second-order valence-corrected chi connectivity index (χ2v) is 28.1. The van der Waals surface area contributed by atoms with E-state index in [0.717, 1.165) is 21.2 Å². The molecule has 5 aliphatic rings. The van der Waals surface area contributed by atoms with Crippen LogP contribution in [0.1, 0.15) is 80.1 Å². The zero-order chi connectivity index (χ0) is 20.9. The molecule has 4 heteroatoms. The summed E-state index contributed by atoms with van der Waals surface area (Å²) in [4.78, 5) is 0. The Morgan fingerprint density at radius 2 is 1.10 bits per heavy atom. The van der Waals surface area contributed by atoms with Gasteiger partial charge < -0.3 is 0 Å². The van der Waals surface area contributed by atoms with Gasteiger partial charge in [0.2, 0.25) is 0 Å². The summed E-state index contributed by atoms with van der Waals surface area (Å²) in [5.74, 6) is 3.23. The van der Waals surface area contributed by atoms with Crippen molar-refractivity contribution in [1.29, 1.82) is 0 Å². The van der Waals surface area contributed by atoms with Gasteiger partial charge in [0, 0.05) is 0 Å². The maximum absolute atomic E-state index is 3.16. The van der Waals surface area contributed by atoms with Crippen LogP contribution in [0.5, 0.6) is 0 Å². The third kappa shape index (κ3) is 3.09. The van der Waals surface area contributed by atoms with Crippen LogP contribution in [0.25, 0.3) is 0 Å². The van der Waals surface area contributed by atoms with E-state index in [0.29, 0.717) is 5.54 Å². The Labute approximate surface area is 190 Å². The van der Waals surface area contributed by atoms with Crippen molar-refractivity contribution < 1.29 is 0 Å². The number of hydrogen-bond acceptors (Lipinski definition) is 1. The Morgan fingerprint density at radius 1 is 0.724 bits per heavy atom. The molecule has 0 aromatic heterocycles. The summed E-state index contributed by atoms with van der Waals surface area (Å²) in [6.07, 6.45) is 15.2. The molecule has 164 valence electrons. The van der Waals surface area contributed by atoms with Crippen molar-refractivity contribution in [3.05, 3.63) is 12.3 Å². The number of nitrogens with zero attached hydrogens (tertiary/aromatic N) is 1. The van der Waals surface area contributed by atoms with Crippen LogP contribution in [-0.4, -0.2) is 41.2 Å². The molecule has 0 unspecified atom stereocenters. The first kappa shape index (κ1) is 22.7. The Hall–Kier alpha value is 0.517. The average molecular weight is 490 g/mol. The summed E-state index contributed by atoms with van der Waals surface area (Å²) in [6, 6.07) is 9.15. The van der Waals surface area contributed by atoms with Crippen LogP contribution in [0.4, 0.5) is 0 Å². The molecule has 0 aromatic rings. The van der Waals surface area contributed by atoms with Crippen LogP contribution in [0.15, 0.2) is 12.3 Å². The van der Waals surface area contributed by atoms with Crippen LogP contribution < -0.4 is 0 Å². The van der Waals surface area contributed by atoms with Crippen LogP contribution >= 0.6 is 0 Å². The van der Waals surface area contributed by atoms with E-state index in [9.17, 15) is 0 Å². The van der Waals surface area contributed by atoms with Gasteiger partial charge in [-0.25, -0.2) is 0 Å². The van der Waals surface area contributed by atoms with E-state index < -0.39 is 16.1 Å². The van der Waals surface area contributed by atoms with Gasteiger partial charge in [-0.15, -0.1) is 0 Å². The van der Waals surface area contributed by atoms with Gasteiger partial charge in [-0.2, -0.15) is 0 Å². The number of rotatable bonds is 9. The van der Waals surface area contributed by atoms with Gasteiger partial charge >= 0.3 is 191 Å². The Kier molecular flexibility index (Phi) is 6.37. The van der Waals surface area contributed by atoms with E-state index in [-0.39, 0.29) is 15.7 Å². The van der Waals surface area contributed by atoms with Gasteiger partial charge in [-0.1, -0.05) is 0 Å². The van der Waals surface area contributed by atoms with Crippen molar-refractivity contribution in [2.45, 2.75) is 125 Å². The fraction of sp³-hybridized carbons (Fsp3) is 0.920. The molecule has 0 amide bonds. The van der Waals surface area contributed by atoms with Crippen molar-refractivity contribution in [3.8, 4) is 0 Å². The second-order valence-electron chi connectivity index (χ2n) is 11.4. The zero-order valence-corrected chi connectivity index (χ0v) is 24.4. The van der Waals surface area contributed by atoms with Gasteiger partial charge in [0.25, 0.3) is 0 Å². The molecular weight excluding hydrogens is 443 g/mol. The van der Waals surface area contributed by atoms with Crippen molar-refractivity contribution in [2.24, 2.45) is 17.8 Å². The Morgan fingerprint density at radius 3 is 1.45 bits per heavy atom. The third-order valence-corrected chi connectivity index (χ3v) is 36.7. The molecule has 0 N–H and O–H groups in total. The molecule has 5 rings (SSSR count). The van der Waals surface area contributed by atoms with Crippen LogP contribution in [0, 0.1) is 17.8 Å². The Balaban J connectivity index is 1.74. The first-order chi connectivity index (χ1) is 13.9. The molecule has 1 nitrogen and oxygen atoms in total. The normalized spacial score (nSPS) is 35.7. The summed E-state index contributed by atoms with van der Waals surface area (Å²) in [5.41, 5.74) is 0.609. The number of allylic oxidation sites excluding steroid dienone is 1. The SMILES string of the molecule is CC[Si](CC)(CC)[C]1([Si](CC)(CC)CC)C=C[N](C23CC4CC(CC(C4)C2)C3)[Ge]1. The van der Waals surface area contributed by atoms with Crippen molar-refractivity contribution in [2.75, 3.05) is 0 Å². The third-order valence-electron chi connectivity index (χ3n) is 11.0. The monoisotopic (exact) mass is 491 g/mol. The predicted octanol–water partition coefficient (Wildman–Crippen LogP) is 7.66. The first-order valence-electron chi connectivity index (χ1n) is 13.2. The molecule has 1 aliphatic heterocycles. The molecular formula is C25H47GeNSi2. The molecule has 0 aromatic carbocycles. The molecule has 0 spiro atoms. The molecule has 2 radical (unpaired) electrons. The number of hydrogen-bond donors (Lipinski definition) is 0. The minimum atomic E-state index is -1.30. The van der Waals surface area contributed by atoms with E-state index in [1.54, 1.807) is 38.5 Å². The van der Waals surface area contributed by atoms with Gasteiger partial charge in [-0.3, -0.25) is 0 Å². The van der Waals surface area contributed by atoms with Crippen LogP contribution in [-0.2, 0) is 0 Å². The van der Waals surface area contributed by atoms with E-state index in [1.807, 2.05) is 0 Å². The summed E-state index contributed by atoms with van der Waals surface area (Å²) < 4.78 is 3.89. The molecule has 0 atom stereocenters. The van der Waals surface area contributed by atoms with E-state index >= 15 is 0 Å². The average Bonchev–Trinajstić information content (AvgIpc) is 3.19. The predicted molar refractivity (Wildman–Crippen MR) is 135 cm³/mol. The van der Waals surface area contributed by atoms with E-state index in [1.165, 1.54) is 36.3 Å². The Bertz CT molecular complexity index is 550.